The SMILES string of the molecule is COc1ccc(NC(=S)N/N=C2/CC(C)(C)Oc3ccc(OC)cc32)cc1. The standard InChI is InChI=1S/C20H23N3O3S/c1-20(2)12-17(16-11-15(25-4)9-10-18(16)26-20)22-23-19(27)21-13-5-7-14(24-3)8-6-13/h5-11H,12H2,1-4H3,(H2,21,23,27)/b22-17-. The Morgan fingerprint density at radius 2 is 1.74 bits per heavy atom. The number of benzene rings is 2. The van der Waals surface area contributed by atoms with Gasteiger partial charge in [0, 0.05) is 17.7 Å². The number of rotatable bonds is 4. The number of hydrazone groups is 1. The Morgan fingerprint density at radius 3 is 2.41 bits per heavy atom. The second kappa shape index (κ2) is 7.84. The molecule has 2 N–H and O–H groups in total. The summed E-state index contributed by atoms with van der Waals surface area (Å²) in [6.07, 6.45) is 0.644. The Hall–Kier alpha value is -2.80. The Labute approximate surface area is 164 Å². The average Bonchev–Trinajstić information content (AvgIpc) is 2.65. The minimum Gasteiger partial charge on any atom is -0.497 e. The lowest BCUT2D eigenvalue weighted by molar-refractivity contribution is 0.111. The van der Waals surface area contributed by atoms with Gasteiger partial charge in [0.2, 0.25) is 0 Å². The van der Waals surface area contributed by atoms with E-state index in [1.807, 2.05) is 56.3 Å². The van der Waals surface area contributed by atoms with Crippen molar-refractivity contribution in [3.05, 3.63) is 48.0 Å². The van der Waals surface area contributed by atoms with E-state index < -0.39 is 0 Å². The number of nitrogens with zero attached hydrogens (tertiary/aromatic N) is 1. The summed E-state index contributed by atoms with van der Waals surface area (Å²) in [7, 11) is 3.27. The number of methoxy groups -OCH3 is 2. The van der Waals surface area contributed by atoms with E-state index in [9.17, 15) is 0 Å². The molecule has 0 fully saturated rings. The fraction of sp³-hybridized carbons (Fsp3) is 0.300. The maximum Gasteiger partial charge on any atom is 0.191 e. The predicted molar refractivity (Wildman–Crippen MR) is 111 cm³/mol. The van der Waals surface area contributed by atoms with Crippen LogP contribution in [0.3, 0.4) is 0 Å². The van der Waals surface area contributed by atoms with E-state index in [0.717, 1.165) is 34.2 Å². The van der Waals surface area contributed by atoms with Gasteiger partial charge in [0.1, 0.15) is 22.8 Å². The van der Waals surface area contributed by atoms with Gasteiger partial charge in [0.15, 0.2) is 5.11 Å². The van der Waals surface area contributed by atoms with Gasteiger partial charge in [0.05, 0.1) is 19.9 Å². The molecule has 0 aromatic heterocycles. The number of fused-ring (bicyclic) bond motifs is 1. The molecule has 142 valence electrons. The second-order valence-corrected chi connectivity index (χ2v) is 7.16. The molecule has 0 bridgehead atoms. The molecule has 0 amide bonds. The lowest BCUT2D eigenvalue weighted by Gasteiger charge is -2.33. The summed E-state index contributed by atoms with van der Waals surface area (Å²) < 4.78 is 16.5. The molecule has 6 nitrogen and oxygen atoms in total. The molecule has 1 aliphatic rings. The highest BCUT2D eigenvalue weighted by atomic mass is 32.1. The summed E-state index contributed by atoms with van der Waals surface area (Å²) >= 11 is 5.35. The summed E-state index contributed by atoms with van der Waals surface area (Å²) in [5, 5.41) is 8.03. The molecule has 0 spiro atoms. The number of nitrogens with one attached hydrogen (secondary N) is 2. The molecule has 0 saturated heterocycles. The molecular weight excluding hydrogens is 362 g/mol. The van der Waals surface area contributed by atoms with Gasteiger partial charge in [-0.15, -0.1) is 0 Å². The first kappa shape index (κ1) is 19.0. The maximum absolute atomic E-state index is 6.05. The van der Waals surface area contributed by atoms with Crippen LogP contribution in [0.4, 0.5) is 5.69 Å². The Kier molecular flexibility index (Phi) is 5.51. The van der Waals surface area contributed by atoms with Crippen molar-refractivity contribution in [2.75, 3.05) is 19.5 Å². The molecule has 2 aromatic rings. The number of hydrogen-bond donors (Lipinski definition) is 2. The topological polar surface area (TPSA) is 64.1 Å². The highest BCUT2D eigenvalue weighted by molar-refractivity contribution is 7.80. The van der Waals surface area contributed by atoms with Crippen molar-refractivity contribution < 1.29 is 14.2 Å². The zero-order chi connectivity index (χ0) is 19.4. The second-order valence-electron chi connectivity index (χ2n) is 6.75. The Bertz CT molecular complexity index is 863. The fourth-order valence-corrected chi connectivity index (χ4v) is 3.00. The average molecular weight is 385 g/mol. The van der Waals surface area contributed by atoms with Gasteiger partial charge in [-0.3, -0.25) is 5.43 Å². The zero-order valence-corrected chi connectivity index (χ0v) is 16.6. The van der Waals surface area contributed by atoms with E-state index in [0.29, 0.717) is 11.5 Å². The van der Waals surface area contributed by atoms with Crippen molar-refractivity contribution in [2.24, 2.45) is 5.10 Å². The summed E-state index contributed by atoms with van der Waals surface area (Å²) in [5.74, 6) is 2.32. The molecule has 3 rings (SSSR count). The summed E-state index contributed by atoms with van der Waals surface area (Å²) in [6.45, 7) is 4.06. The van der Waals surface area contributed by atoms with Crippen LogP contribution in [-0.2, 0) is 0 Å². The lowest BCUT2D eigenvalue weighted by atomic mass is 9.92. The third-order valence-corrected chi connectivity index (χ3v) is 4.31. The van der Waals surface area contributed by atoms with E-state index in [4.69, 9.17) is 26.4 Å². The molecule has 2 aromatic carbocycles. The number of ether oxygens (including phenoxy) is 3. The largest absolute Gasteiger partial charge is 0.497 e. The van der Waals surface area contributed by atoms with Crippen molar-refractivity contribution >= 4 is 28.7 Å². The van der Waals surface area contributed by atoms with Gasteiger partial charge < -0.3 is 19.5 Å². The normalized spacial score (nSPS) is 16.1. The van der Waals surface area contributed by atoms with E-state index in [2.05, 4.69) is 15.8 Å². The molecule has 0 saturated carbocycles. The minimum absolute atomic E-state index is 0.354. The molecule has 0 unspecified atom stereocenters. The smallest absolute Gasteiger partial charge is 0.191 e. The van der Waals surface area contributed by atoms with Gasteiger partial charge in [-0.05, 0) is 68.5 Å². The van der Waals surface area contributed by atoms with Gasteiger partial charge in [-0.1, -0.05) is 0 Å². The van der Waals surface area contributed by atoms with Crippen molar-refractivity contribution in [3.63, 3.8) is 0 Å². The molecule has 7 heteroatoms. The summed E-state index contributed by atoms with van der Waals surface area (Å²) in [5.41, 5.74) is 5.18. The zero-order valence-electron chi connectivity index (χ0n) is 15.8. The van der Waals surface area contributed by atoms with Crippen LogP contribution >= 0.6 is 12.2 Å². The third kappa shape index (κ3) is 4.68. The Balaban J connectivity index is 1.76. The monoisotopic (exact) mass is 385 g/mol. The molecule has 1 heterocycles. The molecule has 1 aliphatic heterocycles. The van der Waals surface area contributed by atoms with Gasteiger partial charge in [-0.2, -0.15) is 5.10 Å². The molecule has 27 heavy (non-hydrogen) atoms. The van der Waals surface area contributed by atoms with Crippen molar-refractivity contribution in [2.45, 2.75) is 25.9 Å². The van der Waals surface area contributed by atoms with E-state index in [1.165, 1.54) is 0 Å². The highest BCUT2D eigenvalue weighted by Crippen LogP contribution is 2.35. The van der Waals surface area contributed by atoms with Crippen molar-refractivity contribution in [1.82, 2.24) is 5.43 Å². The van der Waals surface area contributed by atoms with E-state index in [1.54, 1.807) is 14.2 Å². The minimum atomic E-state index is -0.354. The molecule has 0 aliphatic carbocycles. The van der Waals surface area contributed by atoms with Crippen LogP contribution in [0.5, 0.6) is 17.2 Å². The quantitative estimate of drug-likeness (QED) is 0.614. The first-order chi connectivity index (χ1) is 12.9. The van der Waals surface area contributed by atoms with E-state index >= 15 is 0 Å². The van der Waals surface area contributed by atoms with Crippen molar-refractivity contribution in [1.29, 1.82) is 0 Å². The van der Waals surface area contributed by atoms with Crippen LogP contribution in [0.2, 0.25) is 0 Å². The predicted octanol–water partition coefficient (Wildman–Crippen LogP) is 3.96. The van der Waals surface area contributed by atoms with Gasteiger partial charge >= 0.3 is 0 Å². The van der Waals surface area contributed by atoms with E-state index in [-0.39, 0.29) is 5.60 Å². The summed E-state index contributed by atoms with van der Waals surface area (Å²) in [4.78, 5) is 0. The van der Waals surface area contributed by atoms with Crippen molar-refractivity contribution in [3.8, 4) is 17.2 Å². The van der Waals surface area contributed by atoms with Gasteiger partial charge in [-0.25, -0.2) is 0 Å². The molecule has 0 atom stereocenters. The Morgan fingerprint density at radius 1 is 1.07 bits per heavy atom. The first-order valence-corrected chi connectivity index (χ1v) is 8.96. The molecule has 0 radical (unpaired) electrons. The van der Waals surface area contributed by atoms with Gasteiger partial charge in [0.25, 0.3) is 0 Å². The highest BCUT2D eigenvalue weighted by Gasteiger charge is 2.31. The van der Waals surface area contributed by atoms with Crippen LogP contribution in [0.15, 0.2) is 47.6 Å². The fourth-order valence-electron chi connectivity index (χ4n) is 2.83. The number of thiocarbonyl (C=S) groups is 1. The van der Waals surface area contributed by atoms with Crippen LogP contribution in [0, 0.1) is 0 Å². The van der Waals surface area contributed by atoms with Crippen LogP contribution in [0.1, 0.15) is 25.8 Å². The molecular formula is C20H23N3O3S. The lowest BCUT2D eigenvalue weighted by Crippen LogP contribution is -2.37. The van der Waals surface area contributed by atoms with Crippen LogP contribution in [-0.4, -0.2) is 30.6 Å². The maximum atomic E-state index is 6.05. The third-order valence-electron chi connectivity index (χ3n) is 4.12. The summed E-state index contributed by atoms with van der Waals surface area (Å²) in [6, 6.07) is 13.2. The van der Waals surface area contributed by atoms with Crippen LogP contribution < -0.4 is 25.0 Å². The number of hydrogen-bond acceptors (Lipinski definition) is 5. The first-order valence-electron chi connectivity index (χ1n) is 8.55. The number of anilines is 1. The van der Waals surface area contributed by atoms with Crippen LogP contribution in [0.25, 0.3) is 0 Å².